The van der Waals surface area contributed by atoms with Gasteiger partial charge < -0.3 is 4.74 Å². The van der Waals surface area contributed by atoms with Crippen molar-refractivity contribution < 1.29 is 4.74 Å². The molecule has 0 aliphatic carbocycles. The van der Waals surface area contributed by atoms with E-state index >= 15 is 0 Å². The van der Waals surface area contributed by atoms with Gasteiger partial charge in [-0.25, -0.2) is 0 Å². The first-order valence-electron chi connectivity index (χ1n) is 1.66. The van der Waals surface area contributed by atoms with Crippen molar-refractivity contribution in [2.24, 2.45) is 0 Å². The molecule has 0 amide bonds. The molecular weight excluding hydrogens is 66.0 g/mol. The maximum absolute atomic E-state index is 8.08. The van der Waals surface area contributed by atoms with Crippen LogP contribution in [0.25, 0.3) is 0 Å². The van der Waals surface area contributed by atoms with Gasteiger partial charge in [-0.2, -0.15) is 0 Å². The van der Waals surface area contributed by atoms with Crippen LogP contribution < -0.4 is 5.73 Å². The fraction of sp³-hybridized carbons (Fsp3) is 1.00. The third-order valence-electron chi connectivity index (χ3n) is 0.606. The van der Waals surface area contributed by atoms with Crippen molar-refractivity contribution in [1.29, 1.82) is 0 Å². The standard InChI is InChI=1S/C3H5NO/c4-1-3-2-5-3/h3H,1-2H2. The Hall–Kier alpha value is -0.0800. The van der Waals surface area contributed by atoms with E-state index in [-0.39, 0.29) is 12.6 Å². The van der Waals surface area contributed by atoms with Gasteiger partial charge in [0.15, 0.2) is 0 Å². The van der Waals surface area contributed by atoms with Crippen molar-refractivity contribution >= 4 is 0 Å². The topological polar surface area (TPSA) is 34.8 Å². The smallest absolute Gasteiger partial charge is 0.0966 e. The van der Waals surface area contributed by atoms with Gasteiger partial charge in [-0.15, -0.1) is 5.73 Å². The lowest BCUT2D eigenvalue weighted by Crippen LogP contribution is -1.91. The number of ether oxygens (including phenoxy) is 1. The van der Waals surface area contributed by atoms with Crippen LogP contribution in [0.5, 0.6) is 0 Å². The van der Waals surface area contributed by atoms with Crippen LogP contribution in [0.4, 0.5) is 0 Å². The molecule has 2 radical (unpaired) electrons. The molecule has 0 bridgehead atoms. The van der Waals surface area contributed by atoms with Crippen LogP contribution in [0.15, 0.2) is 0 Å². The van der Waals surface area contributed by atoms with Crippen LogP contribution in [0.1, 0.15) is 0 Å². The predicted molar refractivity (Wildman–Crippen MR) is 16.7 cm³/mol. The third kappa shape index (κ3) is 0.597. The molecule has 0 aromatic rings. The second-order valence-corrected chi connectivity index (χ2v) is 1.14. The zero-order chi connectivity index (χ0) is 3.70. The van der Waals surface area contributed by atoms with Crippen molar-refractivity contribution in [3.8, 4) is 0 Å². The first-order chi connectivity index (χ1) is 2.43. The maximum Gasteiger partial charge on any atom is 0.0966 e. The molecule has 0 saturated carbocycles. The van der Waals surface area contributed by atoms with E-state index in [2.05, 4.69) is 4.74 Å². The van der Waals surface area contributed by atoms with E-state index in [9.17, 15) is 0 Å². The molecule has 1 saturated heterocycles. The van der Waals surface area contributed by atoms with Crippen LogP contribution in [-0.2, 0) is 4.74 Å². The van der Waals surface area contributed by atoms with Crippen LogP contribution in [-0.4, -0.2) is 19.3 Å². The SMILES string of the molecule is [N]CC1CO1. The van der Waals surface area contributed by atoms with Crippen LogP contribution in [0, 0.1) is 0 Å². The summed E-state index contributed by atoms with van der Waals surface area (Å²) in [4.78, 5) is 0. The molecular formula is C3H5NO. The molecule has 1 fully saturated rings. The van der Waals surface area contributed by atoms with E-state index in [0.29, 0.717) is 0 Å². The first kappa shape index (κ1) is 3.12. The minimum absolute atomic E-state index is 0.190. The lowest BCUT2D eigenvalue weighted by Gasteiger charge is -1.66. The Morgan fingerprint density at radius 1 is 2.00 bits per heavy atom. The van der Waals surface area contributed by atoms with Crippen LogP contribution in [0.3, 0.4) is 0 Å². The third-order valence-corrected chi connectivity index (χ3v) is 0.606. The summed E-state index contributed by atoms with van der Waals surface area (Å²) < 4.78 is 4.61. The summed E-state index contributed by atoms with van der Waals surface area (Å²) in [6.45, 7) is 0.955. The highest BCUT2D eigenvalue weighted by molar-refractivity contribution is 4.67. The molecule has 1 unspecified atom stereocenters. The van der Waals surface area contributed by atoms with Gasteiger partial charge in [-0.1, -0.05) is 0 Å². The number of hydrogen-bond acceptors (Lipinski definition) is 1. The molecule has 0 N–H and O–H groups in total. The van der Waals surface area contributed by atoms with Crippen molar-refractivity contribution in [3.05, 3.63) is 0 Å². The summed E-state index contributed by atoms with van der Waals surface area (Å²) in [5.41, 5.74) is 8.08. The molecule has 1 rings (SSSR count). The Bertz CT molecular complexity index is 33.9. The van der Waals surface area contributed by atoms with Crippen molar-refractivity contribution in [3.63, 3.8) is 0 Å². The van der Waals surface area contributed by atoms with Gasteiger partial charge in [-0.3, -0.25) is 0 Å². The van der Waals surface area contributed by atoms with Crippen molar-refractivity contribution in [2.45, 2.75) is 6.10 Å². The first-order valence-corrected chi connectivity index (χ1v) is 1.66. The second-order valence-electron chi connectivity index (χ2n) is 1.14. The molecule has 2 heteroatoms. The van der Waals surface area contributed by atoms with E-state index in [1.54, 1.807) is 0 Å². The fourth-order valence-corrected chi connectivity index (χ4v) is 0.173. The summed E-state index contributed by atoms with van der Waals surface area (Å²) in [6, 6.07) is 0. The summed E-state index contributed by atoms with van der Waals surface area (Å²) in [7, 11) is 0. The van der Waals surface area contributed by atoms with Gasteiger partial charge in [0.25, 0.3) is 0 Å². The van der Waals surface area contributed by atoms with Gasteiger partial charge in [-0.05, 0) is 0 Å². The van der Waals surface area contributed by atoms with Gasteiger partial charge in [0.1, 0.15) is 0 Å². The lowest BCUT2D eigenvalue weighted by molar-refractivity contribution is 0.411. The zero-order valence-corrected chi connectivity index (χ0v) is 2.85. The largest absolute Gasteiger partial charge is 0.372 e. The molecule has 28 valence electrons. The number of hydrogen-bond donors (Lipinski definition) is 0. The summed E-state index contributed by atoms with van der Waals surface area (Å²) >= 11 is 0. The Kier molecular flexibility index (Phi) is 0.596. The summed E-state index contributed by atoms with van der Waals surface area (Å²) in [6.07, 6.45) is 0.190. The fourth-order valence-electron chi connectivity index (χ4n) is 0.173. The number of rotatable bonds is 1. The van der Waals surface area contributed by atoms with Crippen LogP contribution >= 0.6 is 0 Å². The minimum atomic E-state index is 0.190. The molecule has 0 spiro atoms. The maximum atomic E-state index is 8.08. The van der Waals surface area contributed by atoms with E-state index in [1.165, 1.54) is 0 Å². The Labute approximate surface area is 30.9 Å². The molecule has 2 nitrogen and oxygen atoms in total. The average molecular weight is 71.1 g/mol. The highest BCUT2D eigenvalue weighted by Gasteiger charge is 2.19. The Morgan fingerprint density at radius 3 is 2.60 bits per heavy atom. The van der Waals surface area contributed by atoms with Crippen LogP contribution in [0.2, 0.25) is 0 Å². The zero-order valence-electron chi connectivity index (χ0n) is 2.85. The molecule has 0 aromatic carbocycles. The summed E-state index contributed by atoms with van der Waals surface area (Å²) in [5.74, 6) is 0. The highest BCUT2D eigenvalue weighted by atomic mass is 16.6. The van der Waals surface area contributed by atoms with Gasteiger partial charge in [0.05, 0.1) is 19.3 Å². The molecule has 5 heavy (non-hydrogen) atoms. The quantitative estimate of drug-likeness (QED) is 0.382. The molecule has 0 aromatic heterocycles. The second kappa shape index (κ2) is 0.954. The van der Waals surface area contributed by atoms with E-state index in [0.717, 1.165) is 6.61 Å². The monoisotopic (exact) mass is 71.0 g/mol. The number of epoxide rings is 1. The van der Waals surface area contributed by atoms with E-state index in [4.69, 9.17) is 5.73 Å². The van der Waals surface area contributed by atoms with Gasteiger partial charge >= 0.3 is 0 Å². The normalized spacial score (nSPS) is 34.2. The molecule has 1 heterocycles. The number of nitrogens with zero attached hydrogens (tertiary/aromatic N) is 1. The Balaban J connectivity index is 2.00. The van der Waals surface area contributed by atoms with Gasteiger partial charge in [0, 0.05) is 0 Å². The Morgan fingerprint density at radius 2 is 2.60 bits per heavy atom. The molecule has 1 aliphatic heterocycles. The predicted octanol–water partition coefficient (Wildman–Crippen LogP) is -0.546. The van der Waals surface area contributed by atoms with Crippen molar-refractivity contribution in [2.75, 3.05) is 13.2 Å². The minimum Gasteiger partial charge on any atom is -0.372 e. The van der Waals surface area contributed by atoms with E-state index in [1.807, 2.05) is 0 Å². The molecule has 1 atom stereocenters. The van der Waals surface area contributed by atoms with Gasteiger partial charge in [0.2, 0.25) is 0 Å². The summed E-state index contributed by atoms with van der Waals surface area (Å²) in [5, 5.41) is 0. The highest BCUT2D eigenvalue weighted by Crippen LogP contribution is 2.04. The average Bonchev–Trinajstić information content (AvgIpc) is 2.12. The van der Waals surface area contributed by atoms with E-state index < -0.39 is 0 Å². The lowest BCUT2D eigenvalue weighted by atomic mass is 10.5. The van der Waals surface area contributed by atoms with Crippen molar-refractivity contribution in [1.82, 2.24) is 5.73 Å². The molecule has 1 aliphatic rings.